The van der Waals surface area contributed by atoms with Crippen LogP contribution in [0.15, 0.2) is 72.0 Å². The summed E-state index contributed by atoms with van der Waals surface area (Å²) in [6, 6.07) is 13.6. The van der Waals surface area contributed by atoms with Gasteiger partial charge in [-0.15, -0.1) is 0 Å². The van der Waals surface area contributed by atoms with Gasteiger partial charge in [0.15, 0.2) is 11.5 Å². The fourth-order valence-corrected chi connectivity index (χ4v) is 3.09. The summed E-state index contributed by atoms with van der Waals surface area (Å²) < 4.78 is 13.7. The predicted octanol–water partition coefficient (Wildman–Crippen LogP) is 2.80. The van der Waals surface area contributed by atoms with Crippen LogP contribution in [-0.2, 0) is 9.59 Å². The predicted molar refractivity (Wildman–Crippen MR) is 98.1 cm³/mol. The lowest BCUT2D eigenvalue weighted by molar-refractivity contribution is -0.129. The van der Waals surface area contributed by atoms with Crippen LogP contribution in [0.25, 0.3) is 6.08 Å². The van der Waals surface area contributed by atoms with E-state index in [-0.39, 0.29) is 18.7 Å². The Morgan fingerprint density at radius 3 is 2.56 bits per heavy atom. The van der Waals surface area contributed by atoms with Crippen molar-refractivity contribution in [2.75, 3.05) is 13.2 Å². The molecule has 3 rings (SSSR count). The monoisotopic (exact) mass is 367 g/mol. The molecule has 0 saturated carbocycles. The van der Waals surface area contributed by atoms with Crippen molar-refractivity contribution in [3.63, 3.8) is 0 Å². The van der Waals surface area contributed by atoms with E-state index in [0.717, 1.165) is 10.5 Å². The van der Waals surface area contributed by atoms with Crippen molar-refractivity contribution in [2.45, 2.75) is 6.04 Å². The summed E-state index contributed by atoms with van der Waals surface area (Å²) >= 11 is 0. The molecule has 0 aliphatic carbocycles. The molecule has 0 spiro atoms. The zero-order valence-electron chi connectivity index (χ0n) is 14.4. The van der Waals surface area contributed by atoms with Crippen molar-refractivity contribution >= 4 is 17.8 Å². The highest BCUT2D eigenvalue weighted by atomic mass is 19.1. The van der Waals surface area contributed by atoms with E-state index in [1.165, 1.54) is 24.3 Å². The van der Waals surface area contributed by atoms with E-state index in [4.69, 9.17) is 0 Å². The van der Waals surface area contributed by atoms with Gasteiger partial charge in [0.25, 0.3) is 5.91 Å². The first-order valence-corrected chi connectivity index (χ1v) is 8.41. The molecular formula is C21H18FNO4. The second kappa shape index (κ2) is 7.97. The van der Waals surface area contributed by atoms with Crippen LogP contribution in [-0.4, -0.2) is 40.0 Å². The highest BCUT2D eigenvalue weighted by molar-refractivity contribution is 6.14. The fraction of sp³-hybridized carbons (Fsp3) is 0.143. The van der Waals surface area contributed by atoms with Crippen molar-refractivity contribution in [1.29, 1.82) is 0 Å². The molecule has 1 heterocycles. The minimum atomic E-state index is -0.965. The minimum absolute atomic E-state index is 0.0940. The molecule has 27 heavy (non-hydrogen) atoms. The zero-order valence-corrected chi connectivity index (χ0v) is 14.4. The Kier molecular flexibility index (Phi) is 5.47. The van der Waals surface area contributed by atoms with Gasteiger partial charge in [-0.25, -0.2) is 4.39 Å². The maximum atomic E-state index is 13.7. The molecule has 2 aromatic carbocycles. The van der Waals surface area contributed by atoms with Crippen molar-refractivity contribution in [3.05, 3.63) is 88.9 Å². The van der Waals surface area contributed by atoms with Crippen LogP contribution in [0.1, 0.15) is 17.2 Å². The van der Waals surface area contributed by atoms with Crippen LogP contribution >= 0.6 is 0 Å². The molecule has 1 atom stereocenters. The summed E-state index contributed by atoms with van der Waals surface area (Å²) in [7, 11) is 0. The van der Waals surface area contributed by atoms with Crippen molar-refractivity contribution in [1.82, 2.24) is 4.90 Å². The van der Waals surface area contributed by atoms with E-state index in [1.807, 2.05) is 18.2 Å². The van der Waals surface area contributed by atoms with E-state index in [9.17, 15) is 24.2 Å². The van der Waals surface area contributed by atoms with Crippen molar-refractivity contribution < 1.29 is 24.2 Å². The van der Waals surface area contributed by atoms with Crippen LogP contribution < -0.4 is 0 Å². The van der Waals surface area contributed by atoms with Gasteiger partial charge in [0.2, 0.25) is 0 Å². The first-order chi connectivity index (χ1) is 13.0. The number of allylic oxidation sites excluding steroid dienone is 1. The van der Waals surface area contributed by atoms with Gasteiger partial charge in [0, 0.05) is 6.54 Å². The number of rotatable bonds is 6. The summed E-state index contributed by atoms with van der Waals surface area (Å²) in [6.07, 6.45) is 2.84. The molecule has 0 unspecified atom stereocenters. The van der Waals surface area contributed by atoms with Gasteiger partial charge in [-0.1, -0.05) is 48.5 Å². The van der Waals surface area contributed by atoms with Gasteiger partial charge in [0.05, 0.1) is 18.2 Å². The number of ketones is 1. The lowest BCUT2D eigenvalue weighted by Gasteiger charge is -2.25. The SMILES string of the molecule is O=C(/C=C/c1ccccc1)C1=C(O)C(=O)N(CCO)[C@H]1c1cccc(F)c1. The number of aliphatic hydroxyl groups excluding tert-OH is 2. The smallest absolute Gasteiger partial charge is 0.290 e. The summed E-state index contributed by atoms with van der Waals surface area (Å²) in [5, 5.41) is 19.5. The van der Waals surface area contributed by atoms with E-state index in [0.29, 0.717) is 5.56 Å². The third kappa shape index (κ3) is 3.80. The molecule has 2 N–H and O–H groups in total. The van der Waals surface area contributed by atoms with Crippen LogP contribution in [0.3, 0.4) is 0 Å². The van der Waals surface area contributed by atoms with Gasteiger partial charge in [-0.2, -0.15) is 0 Å². The second-order valence-corrected chi connectivity index (χ2v) is 6.05. The lowest BCUT2D eigenvalue weighted by atomic mass is 9.95. The fourth-order valence-electron chi connectivity index (χ4n) is 3.09. The Morgan fingerprint density at radius 1 is 1.15 bits per heavy atom. The van der Waals surface area contributed by atoms with Gasteiger partial charge in [-0.05, 0) is 29.3 Å². The maximum absolute atomic E-state index is 13.7. The number of β-amino-alcohol motifs (C(OH)–C–C–N with tert-alkyl or cyclic N) is 1. The molecule has 1 amide bonds. The molecule has 1 aliphatic rings. The molecule has 0 radical (unpaired) electrons. The van der Waals surface area contributed by atoms with Gasteiger partial charge in [0.1, 0.15) is 5.82 Å². The summed E-state index contributed by atoms with van der Waals surface area (Å²) in [6.45, 7) is -0.449. The Hall–Kier alpha value is -3.25. The number of carbonyl (C=O) groups is 2. The second-order valence-electron chi connectivity index (χ2n) is 6.05. The molecule has 0 saturated heterocycles. The number of amides is 1. The third-order valence-corrected chi connectivity index (χ3v) is 4.30. The summed E-state index contributed by atoms with van der Waals surface area (Å²) in [5.41, 5.74) is 0.994. The van der Waals surface area contributed by atoms with Crippen LogP contribution in [0, 0.1) is 5.82 Å². The Labute approximate surface area is 155 Å². The van der Waals surface area contributed by atoms with E-state index >= 15 is 0 Å². The van der Waals surface area contributed by atoms with Gasteiger partial charge < -0.3 is 15.1 Å². The Bertz CT molecular complexity index is 921. The van der Waals surface area contributed by atoms with Crippen LogP contribution in [0.4, 0.5) is 4.39 Å². The Balaban J connectivity index is 2.00. The molecule has 0 fully saturated rings. The van der Waals surface area contributed by atoms with Gasteiger partial charge >= 0.3 is 0 Å². The highest BCUT2D eigenvalue weighted by Crippen LogP contribution is 2.37. The van der Waals surface area contributed by atoms with Crippen LogP contribution in [0.5, 0.6) is 0 Å². The molecule has 0 bridgehead atoms. The van der Waals surface area contributed by atoms with Crippen LogP contribution in [0.2, 0.25) is 0 Å². The first kappa shape index (κ1) is 18.5. The quantitative estimate of drug-likeness (QED) is 0.770. The Morgan fingerprint density at radius 2 is 1.89 bits per heavy atom. The molecule has 5 nitrogen and oxygen atoms in total. The third-order valence-electron chi connectivity index (χ3n) is 4.30. The number of carbonyl (C=O) groups excluding carboxylic acids is 2. The van der Waals surface area contributed by atoms with E-state index < -0.39 is 29.3 Å². The maximum Gasteiger partial charge on any atom is 0.290 e. The van der Waals surface area contributed by atoms with Crippen molar-refractivity contribution in [3.8, 4) is 0 Å². The normalized spacial score (nSPS) is 17.2. The summed E-state index contributed by atoms with van der Waals surface area (Å²) in [4.78, 5) is 26.3. The minimum Gasteiger partial charge on any atom is -0.503 e. The number of aliphatic hydroxyl groups is 2. The average Bonchev–Trinajstić information content (AvgIpc) is 2.92. The first-order valence-electron chi connectivity index (χ1n) is 8.41. The number of hydrogen-bond donors (Lipinski definition) is 2. The lowest BCUT2D eigenvalue weighted by Crippen LogP contribution is -2.33. The molecule has 6 heteroatoms. The molecule has 2 aromatic rings. The zero-order chi connectivity index (χ0) is 19.4. The molecule has 0 aromatic heterocycles. The van der Waals surface area contributed by atoms with Crippen molar-refractivity contribution in [2.24, 2.45) is 0 Å². The summed E-state index contributed by atoms with van der Waals surface area (Å²) in [5.74, 6) is -2.53. The number of benzene rings is 2. The number of hydrogen-bond acceptors (Lipinski definition) is 4. The largest absolute Gasteiger partial charge is 0.503 e. The highest BCUT2D eigenvalue weighted by Gasteiger charge is 2.42. The molecule has 138 valence electrons. The van der Waals surface area contributed by atoms with E-state index in [1.54, 1.807) is 24.3 Å². The number of halogens is 1. The topological polar surface area (TPSA) is 77.8 Å². The molecule has 1 aliphatic heterocycles. The van der Waals surface area contributed by atoms with Gasteiger partial charge in [-0.3, -0.25) is 9.59 Å². The number of nitrogens with zero attached hydrogens (tertiary/aromatic N) is 1. The van der Waals surface area contributed by atoms with E-state index in [2.05, 4.69) is 0 Å². The molecular weight excluding hydrogens is 349 g/mol. The standard InChI is InChI=1S/C21H18FNO4/c22-16-8-4-7-15(13-16)19-18(20(26)21(27)23(19)11-12-24)17(25)10-9-14-5-2-1-3-6-14/h1-10,13,19,24,26H,11-12H2/b10-9+/t19-/m0/s1. The average molecular weight is 367 g/mol.